The standard InChI is InChI=1S/C11H14ClNO/c1-7-5-8(2)10(9(3)6-7)13(4)11(12)14/h5-6H,1-4H3. The van der Waals surface area contributed by atoms with Gasteiger partial charge in [-0.2, -0.15) is 0 Å². The minimum Gasteiger partial charge on any atom is -0.301 e. The maximum absolute atomic E-state index is 11.0. The molecule has 1 amide bonds. The average molecular weight is 212 g/mol. The lowest BCUT2D eigenvalue weighted by Crippen LogP contribution is -2.21. The Balaban J connectivity index is 3.27. The van der Waals surface area contributed by atoms with Crippen molar-refractivity contribution in [2.75, 3.05) is 11.9 Å². The number of rotatable bonds is 1. The lowest BCUT2D eigenvalue weighted by Gasteiger charge is -2.19. The summed E-state index contributed by atoms with van der Waals surface area (Å²) in [5, 5.41) is -0.458. The van der Waals surface area contributed by atoms with Gasteiger partial charge in [0.2, 0.25) is 0 Å². The van der Waals surface area contributed by atoms with Crippen molar-refractivity contribution in [1.82, 2.24) is 0 Å². The first-order valence-electron chi connectivity index (χ1n) is 4.44. The molecule has 0 atom stereocenters. The van der Waals surface area contributed by atoms with Gasteiger partial charge >= 0.3 is 5.37 Å². The maximum Gasteiger partial charge on any atom is 0.320 e. The third-order valence-corrected chi connectivity index (χ3v) is 2.49. The van der Waals surface area contributed by atoms with Gasteiger partial charge in [-0.3, -0.25) is 4.79 Å². The van der Waals surface area contributed by atoms with Crippen molar-refractivity contribution in [2.24, 2.45) is 0 Å². The van der Waals surface area contributed by atoms with Crippen LogP contribution in [0.4, 0.5) is 10.5 Å². The summed E-state index contributed by atoms with van der Waals surface area (Å²) < 4.78 is 0. The van der Waals surface area contributed by atoms with Crippen molar-refractivity contribution in [1.29, 1.82) is 0 Å². The Labute approximate surface area is 89.5 Å². The molecule has 76 valence electrons. The highest BCUT2D eigenvalue weighted by molar-refractivity contribution is 6.66. The molecule has 14 heavy (non-hydrogen) atoms. The van der Waals surface area contributed by atoms with Crippen LogP contribution in [-0.4, -0.2) is 12.4 Å². The van der Waals surface area contributed by atoms with Crippen molar-refractivity contribution in [3.8, 4) is 0 Å². The fourth-order valence-electron chi connectivity index (χ4n) is 1.79. The van der Waals surface area contributed by atoms with Gasteiger partial charge in [-0.15, -0.1) is 0 Å². The van der Waals surface area contributed by atoms with Gasteiger partial charge in [0.1, 0.15) is 0 Å². The zero-order chi connectivity index (χ0) is 10.9. The van der Waals surface area contributed by atoms with Crippen LogP contribution in [-0.2, 0) is 0 Å². The highest BCUT2D eigenvalue weighted by Crippen LogP contribution is 2.25. The maximum atomic E-state index is 11.0. The number of carbonyl (C=O) groups is 1. The summed E-state index contributed by atoms with van der Waals surface area (Å²) in [6.07, 6.45) is 0. The fourth-order valence-corrected chi connectivity index (χ4v) is 1.87. The average Bonchev–Trinajstić information content (AvgIpc) is 2.01. The summed E-state index contributed by atoms with van der Waals surface area (Å²) in [6, 6.07) is 4.08. The third-order valence-electron chi connectivity index (χ3n) is 2.23. The smallest absolute Gasteiger partial charge is 0.301 e. The summed E-state index contributed by atoms with van der Waals surface area (Å²) in [5.41, 5.74) is 4.23. The van der Waals surface area contributed by atoms with Crippen molar-refractivity contribution >= 4 is 22.7 Å². The lowest BCUT2D eigenvalue weighted by atomic mass is 10.0. The lowest BCUT2D eigenvalue weighted by molar-refractivity contribution is 0.265. The van der Waals surface area contributed by atoms with E-state index in [1.54, 1.807) is 7.05 Å². The normalized spacial score (nSPS) is 10.1. The van der Waals surface area contributed by atoms with Gasteiger partial charge in [0.25, 0.3) is 0 Å². The molecule has 0 bridgehead atoms. The van der Waals surface area contributed by atoms with E-state index in [4.69, 9.17) is 11.6 Å². The molecular weight excluding hydrogens is 198 g/mol. The molecule has 0 aliphatic rings. The zero-order valence-corrected chi connectivity index (χ0v) is 9.64. The van der Waals surface area contributed by atoms with Gasteiger partial charge in [0.15, 0.2) is 0 Å². The van der Waals surface area contributed by atoms with Crippen LogP contribution in [0.25, 0.3) is 0 Å². The SMILES string of the molecule is Cc1cc(C)c(N(C)C(=O)Cl)c(C)c1. The topological polar surface area (TPSA) is 20.3 Å². The van der Waals surface area contributed by atoms with Gasteiger partial charge in [-0.1, -0.05) is 17.7 Å². The minimum atomic E-state index is -0.458. The second-order valence-corrected chi connectivity index (χ2v) is 3.88. The first kappa shape index (κ1) is 11.1. The van der Waals surface area contributed by atoms with Crippen LogP contribution < -0.4 is 4.90 Å². The van der Waals surface area contributed by atoms with Gasteiger partial charge < -0.3 is 4.90 Å². The fraction of sp³-hybridized carbons (Fsp3) is 0.364. The van der Waals surface area contributed by atoms with E-state index in [9.17, 15) is 4.79 Å². The van der Waals surface area contributed by atoms with Gasteiger partial charge in [-0.25, -0.2) is 0 Å². The molecule has 0 unspecified atom stereocenters. The number of carbonyl (C=O) groups excluding carboxylic acids is 1. The molecule has 0 aliphatic heterocycles. The second kappa shape index (κ2) is 4.01. The van der Waals surface area contributed by atoms with E-state index < -0.39 is 5.37 Å². The molecular formula is C11H14ClNO. The molecule has 1 rings (SSSR count). The number of hydrogen-bond donors (Lipinski definition) is 0. The van der Waals surface area contributed by atoms with E-state index in [2.05, 4.69) is 0 Å². The molecule has 0 saturated heterocycles. The molecule has 1 aromatic rings. The first-order chi connectivity index (χ1) is 6.43. The van der Waals surface area contributed by atoms with Crippen molar-refractivity contribution in [3.05, 3.63) is 28.8 Å². The predicted molar refractivity (Wildman–Crippen MR) is 60.3 cm³/mol. The Bertz CT molecular complexity index is 351. The molecule has 0 aromatic heterocycles. The number of nitrogens with zero attached hydrogens (tertiary/aromatic N) is 1. The monoisotopic (exact) mass is 211 g/mol. The van der Waals surface area contributed by atoms with Crippen molar-refractivity contribution < 1.29 is 4.79 Å². The van der Waals surface area contributed by atoms with Crippen LogP contribution in [0.1, 0.15) is 16.7 Å². The Morgan fingerprint density at radius 3 is 2.00 bits per heavy atom. The zero-order valence-electron chi connectivity index (χ0n) is 8.89. The van der Waals surface area contributed by atoms with E-state index in [0.29, 0.717) is 0 Å². The number of anilines is 1. The highest BCUT2D eigenvalue weighted by atomic mass is 35.5. The number of aryl methyl sites for hydroxylation is 3. The molecule has 3 heteroatoms. The Morgan fingerprint density at radius 2 is 1.64 bits per heavy atom. The van der Waals surface area contributed by atoms with Gasteiger partial charge in [0, 0.05) is 7.05 Å². The summed E-state index contributed by atoms with van der Waals surface area (Å²) in [6.45, 7) is 5.99. The molecule has 0 N–H and O–H groups in total. The molecule has 0 aliphatic carbocycles. The van der Waals surface area contributed by atoms with Crippen LogP contribution in [0.15, 0.2) is 12.1 Å². The number of halogens is 1. The van der Waals surface area contributed by atoms with Crippen LogP contribution in [0.2, 0.25) is 0 Å². The second-order valence-electron chi connectivity index (χ2n) is 3.56. The third kappa shape index (κ3) is 2.07. The van der Waals surface area contributed by atoms with E-state index in [0.717, 1.165) is 16.8 Å². The molecule has 0 radical (unpaired) electrons. The molecule has 2 nitrogen and oxygen atoms in total. The molecule has 0 saturated carbocycles. The quantitative estimate of drug-likeness (QED) is 0.515. The molecule has 0 spiro atoms. The summed E-state index contributed by atoms with van der Waals surface area (Å²) in [5.74, 6) is 0. The number of benzene rings is 1. The van der Waals surface area contributed by atoms with E-state index in [-0.39, 0.29) is 0 Å². The molecule has 0 heterocycles. The van der Waals surface area contributed by atoms with Crippen LogP contribution in [0.3, 0.4) is 0 Å². The predicted octanol–water partition coefficient (Wildman–Crippen LogP) is 3.41. The summed E-state index contributed by atoms with van der Waals surface area (Å²) in [4.78, 5) is 12.5. The molecule has 0 fully saturated rings. The first-order valence-corrected chi connectivity index (χ1v) is 4.82. The van der Waals surface area contributed by atoms with E-state index in [1.807, 2.05) is 32.9 Å². The summed E-state index contributed by atoms with van der Waals surface area (Å²) >= 11 is 5.43. The van der Waals surface area contributed by atoms with Crippen molar-refractivity contribution in [3.63, 3.8) is 0 Å². The van der Waals surface area contributed by atoms with E-state index in [1.165, 1.54) is 10.5 Å². The molecule has 1 aromatic carbocycles. The van der Waals surface area contributed by atoms with E-state index >= 15 is 0 Å². The van der Waals surface area contributed by atoms with Crippen LogP contribution >= 0.6 is 11.6 Å². The van der Waals surface area contributed by atoms with Gasteiger partial charge in [0.05, 0.1) is 5.69 Å². The number of amides is 1. The van der Waals surface area contributed by atoms with Crippen LogP contribution in [0, 0.1) is 20.8 Å². The highest BCUT2D eigenvalue weighted by Gasteiger charge is 2.12. The Hall–Kier alpha value is -1.02. The van der Waals surface area contributed by atoms with Crippen LogP contribution in [0.5, 0.6) is 0 Å². The Kier molecular flexibility index (Phi) is 3.17. The number of hydrogen-bond acceptors (Lipinski definition) is 1. The summed E-state index contributed by atoms with van der Waals surface area (Å²) in [7, 11) is 1.68. The largest absolute Gasteiger partial charge is 0.320 e. The Morgan fingerprint density at radius 1 is 1.21 bits per heavy atom. The van der Waals surface area contributed by atoms with Crippen molar-refractivity contribution in [2.45, 2.75) is 20.8 Å². The van der Waals surface area contributed by atoms with Gasteiger partial charge in [-0.05, 0) is 43.5 Å². The minimum absolute atomic E-state index is 0.458.